The molecule has 27 heavy (non-hydrogen) atoms. The predicted octanol–water partition coefficient (Wildman–Crippen LogP) is 1.26. The van der Waals surface area contributed by atoms with Crippen molar-refractivity contribution in [1.29, 1.82) is 0 Å². The molecule has 2 atom stereocenters. The first-order valence-corrected chi connectivity index (χ1v) is 10.9. The topological polar surface area (TPSA) is 94.0 Å². The third-order valence-electron chi connectivity index (χ3n) is 5.21. The highest BCUT2D eigenvalue weighted by atomic mass is 32.2. The van der Waals surface area contributed by atoms with E-state index in [0.29, 0.717) is 42.7 Å². The third-order valence-corrected chi connectivity index (χ3v) is 6.84. The van der Waals surface area contributed by atoms with Crippen LogP contribution in [0.3, 0.4) is 0 Å². The van der Waals surface area contributed by atoms with Gasteiger partial charge >= 0.3 is 15.5 Å². The van der Waals surface area contributed by atoms with E-state index in [1.54, 1.807) is 0 Å². The molecule has 0 amide bonds. The number of aliphatic imine (C=N–C) groups is 1. The van der Waals surface area contributed by atoms with Gasteiger partial charge in [-0.1, -0.05) is 6.42 Å². The molecule has 1 aliphatic carbocycles. The summed E-state index contributed by atoms with van der Waals surface area (Å²) in [5.74, 6) is 0.851. The molecule has 3 N–H and O–H groups in total. The highest BCUT2D eigenvalue weighted by molar-refractivity contribution is 7.90. The van der Waals surface area contributed by atoms with Crippen LogP contribution in [0, 0.1) is 11.8 Å². The van der Waals surface area contributed by atoms with Crippen LogP contribution in [-0.2, 0) is 10.0 Å². The Bertz CT molecular complexity index is 605. The van der Waals surface area contributed by atoms with Crippen molar-refractivity contribution in [2.75, 3.05) is 32.7 Å². The number of nitrogens with one attached hydrogen (secondary N) is 2. The standard InChI is InChI=1S/C16H29F3N4O3S/c1-2-20-15(22-11-13-4-3-5-14(13)24)21-10-12-6-8-23(9-7-12)27(25,26)16(17,18)19/h12-14,24H,2-11H2,1H3,(H2,20,21,22). The highest BCUT2D eigenvalue weighted by Crippen LogP contribution is 2.30. The van der Waals surface area contributed by atoms with Crippen LogP contribution < -0.4 is 10.6 Å². The van der Waals surface area contributed by atoms with Gasteiger partial charge in [0, 0.05) is 38.6 Å². The van der Waals surface area contributed by atoms with Crippen LogP contribution in [0.5, 0.6) is 0 Å². The van der Waals surface area contributed by atoms with Gasteiger partial charge in [-0.05, 0) is 38.5 Å². The smallest absolute Gasteiger partial charge is 0.393 e. The number of halogens is 3. The summed E-state index contributed by atoms with van der Waals surface area (Å²) in [6.45, 7) is 3.36. The van der Waals surface area contributed by atoms with Gasteiger partial charge in [0.15, 0.2) is 5.96 Å². The molecule has 2 unspecified atom stereocenters. The van der Waals surface area contributed by atoms with Crippen LogP contribution in [-0.4, -0.2) is 68.1 Å². The minimum absolute atomic E-state index is 0.0391. The maximum atomic E-state index is 12.6. The fourth-order valence-corrected chi connectivity index (χ4v) is 4.51. The van der Waals surface area contributed by atoms with E-state index in [4.69, 9.17) is 0 Å². The monoisotopic (exact) mass is 414 g/mol. The van der Waals surface area contributed by atoms with Crippen molar-refractivity contribution in [3.63, 3.8) is 0 Å². The molecule has 0 aromatic rings. The average Bonchev–Trinajstić information content (AvgIpc) is 3.02. The zero-order valence-corrected chi connectivity index (χ0v) is 16.3. The van der Waals surface area contributed by atoms with E-state index < -0.39 is 15.5 Å². The van der Waals surface area contributed by atoms with Crippen LogP contribution in [0.1, 0.15) is 39.0 Å². The van der Waals surface area contributed by atoms with Gasteiger partial charge in [0.2, 0.25) is 0 Å². The molecule has 0 radical (unpaired) electrons. The van der Waals surface area contributed by atoms with Crippen LogP contribution in [0.25, 0.3) is 0 Å². The summed E-state index contributed by atoms with van der Waals surface area (Å²) >= 11 is 0. The SMILES string of the molecule is CCNC(=NCC1CCN(S(=O)(=O)C(F)(F)F)CC1)NCC1CCCC1O. The molecular weight excluding hydrogens is 385 g/mol. The summed E-state index contributed by atoms with van der Waals surface area (Å²) < 4.78 is 61.2. The number of rotatable bonds is 6. The van der Waals surface area contributed by atoms with E-state index in [9.17, 15) is 26.7 Å². The molecule has 0 aromatic carbocycles. The average molecular weight is 414 g/mol. The summed E-state index contributed by atoms with van der Waals surface area (Å²) in [6.07, 6.45) is 3.21. The van der Waals surface area contributed by atoms with Crippen molar-refractivity contribution in [1.82, 2.24) is 14.9 Å². The number of aliphatic hydroxyl groups excluding tert-OH is 1. The number of sulfonamides is 1. The van der Waals surface area contributed by atoms with Gasteiger partial charge in [0.1, 0.15) is 0 Å². The van der Waals surface area contributed by atoms with Crippen molar-refractivity contribution >= 4 is 16.0 Å². The fourth-order valence-electron chi connectivity index (χ4n) is 3.52. The zero-order chi connectivity index (χ0) is 20.1. The molecular formula is C16H29F3N4O3S. The summed E-state index contributed by atoms with van der Waals surface area (Å²) in [5.41, 5.74) is -5.25. The lowest BCUT2D eigenvalue weighted by Crippen LogP contribution is -2.45. The second-order valence-electron chi connectivity index (χ2n) is 7.15. The van der Waals surface area contributed by atoms with Crippen molar-refractivity contribution in [2.24, 2.45) is 16.8 Å². The third kappa shape index (κ3) is 5.95. The lowest BCUT2D eigenvalue weighted by Gasteiger charge is -2.31. The number of piperidine rings is 1. The van der Waals surface area contributed by atoms with E-state index in [2.05, 4.69) is 15.6 Å². The molecule has 2 fully saturated rings. The van der Waals surface area contributed by atoms with Gasteiger partial charge in [-0.3, -0.25) is 4.99 Å². The van der Waals surface area contributed by atoms with E-state index in [1.807, 2.05) is 6.92 Å². The Morgan fingerprint density at radius 3 is 2.37 bits per heavy atom. The Morgan fingerprint density at radius 2 is 1.85 bits per heavy atom. The second-order valence-corrected chi connectivity index (χ2v) is 9.08. The number of guanidine groups is 1. The lowest BCUT2D eigenvalue weighted by atomic mass is 9.98. The van der Waals surface area contributed by atoms with Gasteiger partial charge in [-0.2, -0.15) is 17.5 Å². The molecule has 0 aromatic heterocycles. The first-order valence-electron chi connectivity index (χ1n) is 9.41. The molecule has 1 saturated heterocycles. The number of aliphatic hydroxyl groups is 1. The van der Waals surface area contributed by atoms with Gasteiger partial charge in [-0.15, -0.1) is 0 Å². The summed E-state index contributed by atoms with van der Waals surface area (Å²) in [5, 5.41) is 16.2. The number of alkyl halides is 3. The molecule has 2 rings (SSSR count). The first-order chi connectivity index (χ1) is 12.6. The lowest BCUT2D eigenvalue weighted by molar-refractivity contribution is -0.0496. The highest BCUT2D eigenvalue weighted by Gasteiger charge is 2.50. The summed E-state index contributed by atoms with van der Waals surface area (Å²) in [7, 11) is -5.24. The maximum absolute atomic E-state index is 12.6. The van der Waals surface area contributed by atoms with Crippen LogP contribution in [0.2, 0.25) is 0 Å². The molecule has 0 spiro atoms. The maximum Gasteiger partial charge on any atom is 0.511 e. The van der Waals surface area contributed by atoms with E-state index in [1.165, 1.54) is 0 Å². The van der Waals surface area contributed by atoms with E-state index in [-0.39, 0.29) is 31.0 Å². The second kappa shape index (κ2) is 9.42. The van der Waals surface area contributed by atoms with Crippen LogP contribution in [0.15, 0.2) is 4.99 Å². The Morgan fingerprint density at radius 1 is 1.19 bits per heavy atom. The molecule has 11 heteroatoms. The van der Waals surface area contributed by atoms with E-state index >= 15 is 0 Å². The van der Waals surface area contributed by atoms with Gasteiger partial charge < -0.3 is 15.7 Å². The molecule has 0 bridgehead atoms. The molecule has 2 aliphatic rings. The Hall–Kier alpha value is -1.07. The molecule has 7 nitrogen and oxygen atoms in total. The first kappa shape index (κ1) is 22.2. The Labute approximate surface area is 158 Å². The zero-order valence-electron chi connectivity index (χ0n) is 15.5. The Kier molecular flexibility index (Phi) is 7.75. The number of hydrogen-bond acceptors (Lipinski definition) is 4. The molecule has 1 aliphatic heterocycles. The number of nitrogens with zero attached hydrogens (tertiary/aromatic N) is 2. The minimum Gasteiger partial charge on any atom is -0.393 e. The minimum atomic E-state index is -5.25. The summed E-state index contributed by atoms with van der Waals surface area (Å²) in [4.78, 5) is 4.48. The quantitative estimate of drug-likeness (QED) is 0.450. The van der Waals surface area contributed by atoms with Gasteiger partial charge in [0.25, 0.3) is 0 Å². The van der Waals surface area contributed by atoms with E-state index in [0.717, 1.165) is 19.3 Å². The molecule has 1 saturated carbocycles. The van der Waals surface area contributed by atoms with Crippen molar-refractivity contribution < 1.29 is 26.7 Å². The van der Waals surface area contributed by atoms with Crippen molar-refractivity contribution in [2.45, 2.75) is 50.6 Å². The predicted molar refractivity (Wildman–Crippen MR) is 96.6 cm³/mol. The van der Waals surface area contributed by atoms with Gasteiger partial charge in [-0.25, -0.2) is 8.42 Å². The largest absolute Gasteiger partial charge is 0.511 e. The Balaban J connectivity index is 1.83. The number of hydrogen-bond donors (Lipinski definition) is 3. The fraction of sp³-hybridized carbons (Fsp3) is 0.938. The molecule has 1 heterocycles. The van der Waals surface area contributed by atoms with Crippen LogP contribution in [0.4, 0.5) is 13.2 Å². The van der Waals surface area contributed by atoms with Crippen molar-refractivity contribution in [3.05, 3.63) is 0 Å². The molecule has 158 valence electrons. The van der Waals surface area contributed by atoms with Crippen molar-refractivity contribution in [3.8, 4) is 0 Å². The van der Waals surface area contributed by atoms with Crippen LogP contribution >= 0.6 is 0 Å². The van der Waals surface area contributed by atoms with Gasteiger partial charge in [0.05, 0.1) is 6.10 Å². The summed E-state index contributed by atoms with van der Waals surface area (Å²) in [6, 6.07) is 0. The normalized spacial score (nSPS) is 26.3.